The Bertz CT molecular complexity index is 1140. The smallest absolute Gasteiger partial charge is 0.273 e. The van der Waals surface area contributed by atoms with Gasteiger partial charge < -0.3 is 19.5 Å². The summed E-state index contributed by atoms with van der Waals surface area (Å²) in [7, 11) is 0. The van der Waals surface area contributed by atoms with Gasteiger partial charge in [-0.2, -0.15) is 0 Å². The van der Waals surface area contributed by atoms with Crippen molar-refractivity contribution in [3.8, 4) is 17.1 Å². The summed E-state index contributed by atoms with van der Waals surface area (Å²) in [5.41, 5.74) is 1.84. The van der Waals surface area contributed by atoms with Crippen molar-refractivity contribution in [2.24, 2.45) is 0 Å². The predicted octanol–water partition coefficient (Wildman–Crippen LogP) is 2.68. The summed E-state index contributed by atoms with van der Waals surface area (Å²) in [6.45, 7) is 6.96. The number of aromatic amines is 1. The summed E-state index contributed by atoms with van der Waals surface area (Å²) in [5, 5.41) is 8.22. The number of rotatable bonds is 8. The molecule has 1 aliphatic rings. The standard InChI is InChI=1S/C25H27N5O3/c1-2-18-33-21-10-8-19(9-11-21)24-26-25(32)22(27-28-24)12-13-23(31)30-16-14-29(15-17-30)20-6-4-3-5-7-20/h2-11H,1,12-18H2,(H,26,28,32). The van der Waals surface area contributed by atoms with Crippen LogP contribution in [0.2, 0.25) is 0 Å². The zero-order valence-corrected chi connectivity index (χ0v) is 18.4. The number of carbonyl (C=O) groups is 1. The largest absolute Gasteiger partial charge is 0.490 e. The summed E-state index contributed by atoms with van der Waals surface area (Å²) < 4.78 is 5.46. The minimum absolute atomic E-state index is 0.0306. The van der Waals surface area contributed by atoms with Gasteiger partial charge in [0, 0.05) is 50.3 Å². The first-order valence-electron chi connectivity index (χ1n) is 11.0. The number of ether oxygens (including phenoxy) is 1. The Labute approximate surface area is 192 Å². The number of benzene rings is 2. The van der Waals surface area contributed by atoms with Crippen molar-refractivity contribution in [1.82, 2.24) is 20.1 Å². The Hall–Kier alpha value is -3.94. The first-order chi connectivity index (χ1) is 16.1. The second-order valence-corrected chi connectivity index (χ2v) is 7.78. The van der Waals surface area contributed by atoms with E-state index in [1.165, 1.54) is 5.69 Å². The second kappa shape index (κ2) is 10.6. The van der Waals surface area contributed by atoms with E-state index in [4.69, 9.17) is 4.74 Å². The van der Waals surface area contributed by atoms with Gasteiger partial charge in [0.25, 0.3) is 5.56 Å². The monoisotopic (exact) mass is 445 g/mol. The third-order valence-corrected chi connectivity index (χ3v) is 5.59. The van der Waals surface area contributed by atoms with Gasteiger partial charge in [-0.3, -0.25) is 9.59 Å². The van der Waals surface area contributed by atoms with Crippen LogP contribution in [0.5, 0.6) is 5.75 Å². The molecule has 1 amide bonds. The van der Waals surface area contributed by atoms with E-state index in [0.717, 1.165) is 18.7 Å². The van der Waals surface area contributed by atoms with Gasteiger partial charge >= 0.3 is 0 Å². The average Bonchev–Trinajstić information content (AvgIpc) is 2.87. The van der Waals surface area contributed by atoms with Crippen molar-refractivity contribution in [3.05, 3.63) is 83.3 Å². The number of anilines is 1. The van der Waals surface area contributed by atoms with Crippen LogP contribution in [0.1, 0.15) is 12.1 Å². The fourth-order valence-corrected chi connectivity index (χ4v) is 3.75. The van der Waals surface area contributed by atoms with E-state index in [-0.39, 0.29) is 30.0 Å². The Morgan fingerprint density at radius 1 is 1.03 bits per heavy atom. The molecule has 0 atom stereocenters. The van der Waals surface area contributed by atoms with E-state index < -0.39 is 0 Å². The van der Waals surface area contributed by atoms with Crippen LogP contribution in [-0.4, -0.2) is 58.8 Å². The van der Waals surface area contributed by atoms with Crippen LogP contribution in [0.4, 0.5) is 5.69 Å². The van der Waals surface area contributed by atoms with Gasteiger partial charge in [0.05, 0.1) is 0 Å². The highest BCUT2D eigenvalue weighted by Gasteiger charge is 2.21. The van der Waals surface area contributed by atoms with Gasteiger partial charge in [-0.15, -0.1) is 10.2 Å². The second-order valence-electron chi connectivity index (χ2n) is 7.78. The predicted molar refractivity (Wildman–Crippen MR) is 127 cm³/mol. The van der Waals surface area contributed by atoms with E-state index >= 15 is 0 Å². The molecule has 170 valence electrons. The summed E-state index contributed by atoms with van der Waals surface area (Å²) in [4.78, 5) is 32.0. The first kappa shape index (κ1) is 22.3. The minimum atomic E-state index is -0.325. The summed E-state index contributed by atoms with van der Waals surface area (Å²) in [6, 6.07) is 17.4. The van der Waals surface area contributed by atoms with Crippen molar-refractivity contribution in [1.29, 1.82) is 0 Å². The third kappa shape index (κ3) is 5.65. The maximum Gasteiger partial charge on any atom is 0.273 e. The number of nitrogens with one attached hydrogen (secondary N) is 1. The van der Waals surface area contributed by atoms with E-state index in [0.29, 0.717) is 31.3 Å². The summed E-state index contributed by atoms with van der Waals surface area (Å²) in [5.74, 6) is 1.11. The van der Waals surface area contributed by atoms with Crippen molar-refractivity contribution in [2.75, 3.05) is 37.7 Å². The molecule has 3 aromatic rings. The molecule has 0 saturated carbocycles. The SMILES string of the molecule is C=CCOc1ccc(-c2nnc(CCC(=O)N3CCN(c4ccccc4)CC3)c(=O)[nH]2)cc1. The molecular weight excluding hydrogens is 418 g/mol. The van der Waals surface area contributed by atoms with Gasteiger partial charge in [-0.25, -0.2) is 0 Å². The molecule has 0 spiro atoms. The van der Waals surface area contributed by atoms with Crippen molar-refractivity contribution in [2.45, 2.75) is 12.8 Å². The van der Waals surface area contributed by atoms with Crippen molar-refractivity contribution >= 4 is 11.6 Å². The van der Waals surface area contributed by atoms with Crippen LogP contribution in [-0.2, 0) is 11.2 Å². The van der Waals surface area contributed by atoms with Gasteiger partial charge in [0.1, 0.15) is 18.1 Å². The molecule has 2 aromatic carbocycles. The Kier molecular flexibility index (Phi) is 7.14. The lowest BCUT2D eigenvalue weighted by molar-refractivity contribution is -0.131. The molecule has 1 N–H and O–H groups in total. The molecule has 8 nitrogen and oxygen atoms in total. The molecule has 4 rings (SSSR count). The molecule has 33 heavy (non-hydrogen) atoms. The van der Waals surface area contributed by atoms with Crippen molar-refractivity contribution < 1.29 is 9.53 Å². The topological polar surface area (TPSA) is 91.4 Å². The molecule has 8 heteroatoms. The number of aromatic nitrogens is 3. The quantitative estimate of drug-likeness (QED) is 0.536. The number of hydrogen-bond acceptors (Lipinski definition) is 6. The Morgan fingerprint density at radius 2 is 1.76 bits per heavy atom. The van der Waals surface area contributed by atoms with Crippen LogP contribution < -0.4 is 15.2 Å². The van der Waals surface area contributed by atoms with Crippen molar-refractivity contribution in [3.63, 3.8) is 0 Å². The molecule has 1 saturated heterocycles. The highest BCUT2D eigenvalue weighted by atomic mass is 16.5. The maximum absolute atomic E-state index is 12.7. The number of H-pyrrole nitrogens is 1. The molecule has 0 aliphatic carbocycles. The zero-order valence-electron chi connectivity index (χ0n) is 18.4. The number of nitrogens with zero attached hydrogens (tertiary/aromatic N) is 4. The molecular formula is C25H27N5O3. The normalized spacial score (nSPS) is 13.6. The molecule has 0 radical (unpaired) electrons. The fraction of sp³-hybridized carbons (Fsp3) is 0.280. The number of hydrogen-bond donors (Lipinski definition) is 1. The number of para-hydroxylation sites is 1. The van der Waals surface area contributed by atoms with E-state index in [1.54, 1.807) is 30.3 Å². The lowest BCUT2D eigenvalue weighted by atomic mass is 10.2. The highest BCUT2D eigenvalue weighted by Crippen LogP contribution is 2.19. The molecule has 0 unspecified atom stereocenters. The van der Waals surface area contributed by atoms with E-state index in [2.05, 4.69) is 38.8 Å². The summed E-state index contributed by atoms with van der Waals surface area (Å²) >= 11 is 0. The van der Waals surface area contributed by atoms with Crippen LogP contribution in [0.3, 0.4) is 0 Å². The van der Waals surface area contributed by atoms with Gasteiger partial charge in [0.2, 0.25) is 5.91 Å². The van der Waals surface area contributed by atoms with E-state index in [9.17, 15) is 9.59 Å². The lowest BCUT2D eigenvalue weighted by Gasteiger charge is -2.36. The minimum Gasteiger partial charge on any atom is -0.490 e. The van der Waals surface area contributed by atoms with Gasteiger partial charge in [-0.05, 0) is 36.4 Å². The molecule has 1 aromatic heterocycles. The van der Waals surface area contributed by atoms with Gasteiger partial charge in [0.15, 0.2) is 5.82 Å². The van der Waals surface area contributed by atoms with E-state index in [1.807, 2.05) is 23.1 Å². The summed E-state index contributed by atoms with van der Waals surface area (Å²) in [6.07, 6.45) is 2.16. The molecule has 0 bridgehead atoms. The molecule has 1 fully saturated rings. The number of piperazine rings is 1. The Balaban J connectivity index is 1.30. The van der Waals surface area contributed by atoms with Crippen LogP contribution in [0.15, 0.2) is 72.0 Å². The lowest BCUT2D eigenvalue weighted by Crippen LogP contribution is -2.48. The number of amides is 1. The third-order valence-electron chi connectivity index (χ3n) is 5.59. The van der Waals surface area contributed by atoms with Crippen LogP contribution in [0.25, 0.3) is 11.4 Å². The number of aryl methyl sites for hydroxylation is 1. The van der Waals surface area contributed by atoms with Gasteiger partial charge in [-0.1, -0.05) is 30.9 Å². The fourth-order valence-electron chi connectivity index (χ4n) is 3.75. The van der Waals surface area contributed by atoms with Crippen LogP contribution >= 0.6 is 0 Å². The molecule has 1 aliphatic heterocycles. The Morgan fingerprint density at radius 3 is 2.42 bits per heavy atom. The number of carbonyl (C=O) groups excluding carboxylic acids is 1. The molecule has 2 heterocycles. The van der Waals surface area contributed by atoms with Crippen LogP contribution in [0, 0.1) is 0 Å². The first-order valence-corrected chi connectivity index (χ1v) is 11.0. The zero-order chi connectivity index (χ0) is 23.0. The highest BCUT2D eigenvalue weighted by molar-refractivity contribution is 5.76. The maximum atomic E-state index is 12.7. The average molecular weight is 446 g/mol.